The fourth-order valence-corrected chi connectivity index (χ4v) is 4.48. The largest absolute Gasteiger partial charge is 0.379 e. The number of carbonyl (C=O) groups excluding carboxylic acids is 2. The topological polar surface area (TPSA) is 105 Å². The SMILES string of the molecule is O=C(Cc1ccc(Br)cc1)NNC(=O)c1cccc(S(=O)(=O)N2CCOCC2)c1. The van der Waals surface area contributed by atoms with Gasteiger partial charge in [-0.3, -0.25) is 20.4 Å². The zero-order chi connectivity index (χ0) is 20.9. The minimum atomic E-state index is -3.71. The number of nitrogens with zero attached hydrogens (tertiary/aromatic N) is 1. The van der Waals surface area contributed by atoms with E-state index in [1.807, 2.05) is 12.1 Å². The summed E-state index contributed by atoms with van der Waals surface area (Å²) in [7, 11) is -3.71. The van der Waals surface area contributed by atoms with Crippen molar-refractivity contribution in [2.45, 2.75) is 11.3 Å². The van der Waals surface area contributed by atoms with Crippen LogP contribution in [0.2, 0.25) is 0 Å². The van der Waals surface area contributed by atoms with Crippen LogP contribution in [0.5, 0.6) is 0 Å². The highest BCUT2D eigenvalue weighted by Gasteiger charge is 2.26. The molecule has 1 heterocycles. The van der Waals surface area contributed by atoms with Crippen molar-refractivity contribution in [2.75, 3.05) is 26.3 Å². The van der Waals surface area contributed by atoms with Gasteiger partial charge in [0.25, 0.3) is 5.91 Å². The molecular formula is C19H20BrN3O5S. The van der Waals surface area contributed by atoms with Gasteiger partial charge in [-0.2, -0.15) is 4.31 Å². The van der Waals surface area contributed by atoms with Gasteiger partial charge in [-0.15, -0.1) is 0 Å². The third-order valence-corrected chi connectivity index (χ3v) is 6.72. The Kier molecular flexibility index (Phi) is 7.01. The molecule has 0 aromatic heterocycles. The first-order valence-electron chi connectivity index (χ1n) is 8.88. The van der Waals surface area contributed by atoms with E-state index in [9.17, 15) is 18.0 Å². The van der Waals surface area contributed by atoms with Crippen molar-refractivity contribution in [1.82, 2.24) is 15.2 Å². The smallest absolute Gasteiger partial charge is 0.269 e. The van der Waals surface area contributed by atoms with Crippen LogP contribution in [0.15, 0.2) is 57.9 Å². The monoisotopic (exact) mass is 481 g/mol. The van der Waals surface area contributed by atoms with E-state index in [-0.39, 0.29) is 30.0 Å². The molecule has 0 bridgehead atoms. The molecular weight excluding hydrogens is 462 g/mol. The van der Waals surface area contributed by atoms with Gasteiger partial charge in [-0.25, -0.2) is 8.42 Å². The average Bonchev–Trinajstić information content (AvgIpc) is 2.74. The van der Waals surface area contributed by atoms with Gasteiger partial charge >= 0.3 is 0 Å². The predicted molar refractivity (Wildman–Crippen MR) is 109 cm³/mol. The lowest BCUT2D eigenvalue weighted by atomic mass is 10.1. The first kappa shape index (κ1) is 21.4. The second-order valence-corrected chi connectivity index (χ2v) is 9.20. The minimum absolute atomic E-state index is 0.0215. The van der Waals surface area contributed by atoms with Crippen molar-refractivity contribution in [3.63, 3.8) is 0 Å². The summed E-state index contributed by atoms with van der Waals surface area (Å²) in [5, 5.41) is 0. The number of hydrogen-bond acceptors (Lipinski definition) is 5. The quantitative estimate of drug-likeness (QED) is 0.629. The van der Waals surface area contributed by atoms with Crippen molar-refractivity contribution in [3.05, 3.63) is 64.1 Å². The molecule has 8 nitrogen and oxygen atoms in total. The molecule has 1 fully saturated rings. The molecule has 0 spiro atoms. The number of sulfonamides is 1. The number of nitrogens with one attached hydrogen (secondary N) is 2. The molecule has 29 heavy (non-hydrogen) atoms. The molecule has 0 aliphatic carbocycles. The van der Waals surface area contributed by atoms with E-state index in [0.717, 1.165) is 10.0 Å². The van der Waals surface area contributed by atoms with Crippen LogP contribution >= 0.6 is 15.9 Å². The molecule has 2 N–H and O–H groups in total. The van der Waals surface area contributed by atoms with Crippen LogP contribution in [0.25, 0.3) is 0 Å². The van der Waals surface area contributed by atoms with E-state index >= 15 is 0 Å². The lowest BCUT2D eigenvalue weighted by Crippen LogP contribution is -2.42. The summed E-state index contributed by atoms with van der Waals surface area (Å²) >= 11 is 3.32. The maximum Gasteiger partial charge on any atom is 0.269 e. The first-order valence-corrected chi connectivity index (χ1v) is 11.1. The van der Waals surface area contributed by atoms with Crippen LogP contribution in [0.3, 0.4) is 0 Å². The van der Waals surface area contributed by atoms with Crippen molar-refractivity contribution in [3.8, 4) is 0 Å². The number of amides is 2. The Bertz CT molecular complexity index is 989. The lowest BCUT2D eigenvalue weighted by Gasteiger charge is -2.26. The zero-order valence-electron chi connectivity index (χ0n) is 15.4. The van der Waals surface area contributed by atoms with Crippen molar-refractivity contribution in [1.29, 1.82) is 0 Å². The molecule has 10 heteroatoms. The fraction of sp³-hybridized carbons (Fsp3) is 0.263. The standard InChI is InChI=1S/C19H20BrN3O5S/c20-16-6-4-14(5-7-16)12-18(24)21-22-19(25)15-2-1-3-17(13-15)29(26,27)23-8-10-28-11-9-23/h1-7,13H,8-12H2,(H,21,24)(H,22,25). The summed E-state index contributed by atoms with van der Waals surface area (Å²) < 4.78 is 32.9. The highest BCUT2D eigenvalue weighted by atomic mass is 79.9. The van der Waals surface area contributed by atoms with E-state index < -0.39 is 21.8 Å². The van der Waals surface area contributed by atoms with E-state index in [1.165, 1.54) is 28.6 Å². The third-order valence-electron chi connectivity index (χ3n) is 4.30. The number of carbonyl (C=O) groups is 2. The van der Waals surface area contributed by atoms with Crippen molar-refractivity contribution in [2.24, 2.45) is 0 Å². The Hall–Kier alpha value is -2.27. The van der Waals surface area contributed by atoms with Crippen LogP contribution < -0.4 is 10.9 Å². The maximum atomic E-state index is 12.7. The summed E-state index contributed by atoms with van der Waals surface area (Å²) in [6.07, 6.45) is 0.0962. The van der Waals surface area contributed by atoms with Gasteiger partial charge in [0.1, 0.15) is 0 Å². The minimum Gasteiger partial charge on any atom is -0.379 e. The number of hydrazine groups is 1. The molecule has 0 unspecified atom stereocenters. The molecule has 1 aliphatic heterocycles. The highest BCUT2D eigenvalue weighted by molar-refractivity contribution is 9.10. The van der Waals surface area contributed by atoms with Gasteiger partial charge in [-0.05, 0) is 35.9 Å². The predicted octanol–water partition coefficient (Wildman–Crippen LogP) is 1.47. The Labute approximate surface area is 177 Å². The van der Waals surface area contributed by atoms with Gasteiger partial charge in [0.15, 0.2) is 0 Å². The molecule has 3 rings (SSSR count). The van der Waals surface area contributed by atoms with Gasteiger partial charge in [0.2, 0.25) is 15.9 Å². The number of rotatable bonds is 5. The second-order valence-electron chi connectivity index (χ2n) is 6.35. The number of benzene rings is 2. The maximum absolute atomic E-state index is 12.7. The van der Waals surface area contributed by atoms with Crippen LogP contribution in [0, 0.1) is 0 Å². The molecule has 2 amide bonds. The van der Waals surface area contributed by atoms with Crippen LogP contribution in [0.1, 0.15) is 15.9 Å². The van der Waals surface area contributed by atoms with Gasteiger partial charge < -0.3 is 4.74 Å². The normalized spacial score (nSPS) is 14.9. The number of hydrogen-bond donors (Lipinski definition) is 2. The van der Waals surface area contributed by atoms with E-state index in [0.29, 0.717) is 13.2 Å². The molecule has 0 radical (unpaired) electrons. The number of ether oxygens (including phenoxy) is 1. The summed E-state index contributed by atoms with van der Waals surface area (Å²) in [6, 6.07) is 12.9. The molecule has 2 aromatic rings. The Balaban J connectivity index is 1.61. The third kappa shape index (κ3) is 5.63. The van der Waals surface area contributed by atoms with Crippen molar-refractivity contribution >= 4 is 37.8 Å². The Morgan fingerprint density at radius 2 is 1.72 bits per heavy atom. The number of morpholine rings is 1. The molecule has 0 atom stereocenters. The van der Waals surface area contributed by atoms with Gasteiger partial charge in [-0.1, -0.05) is 34.1 Å². The molecule has 154 valence electrons. The zero-order valence-corrected chi connectivity index (χ0v) is 17.8. The molecule has 1 aliphatic rings. The Morgan fingerprint density at radius 1 is 1.03 bits per heavy atom. The van der Waals surface area contributed by atoms with Crippen molar-refractivity contribution < 1.29 is 22.7 Å². The molecule has 0 saturated carbocycles. The van der Waals surface area contributed by atoms with Gasteiger partial charge in [0.05, 0.1) is 24.5 Å². The fourth-order valence-electron chi connectivity index (χ4n) is 2.76. The highest BCUT2D eigenvalue weighted by Crippen LogP contribution is 2.18. The first-order chi connectivity index (χ1) is 13.9. The molecule has 2 aromatic carbocycles. The van der Waals surface area contributed by atoms with E-state index in [1.54, 1.807) is 12.1 Å². The number of halogens is 1. The summed E-state index contributed by atoms with van der Waals surface area (Å²) in [6.45, 7) is 1.21. The van der Waals surface area contributed by atoms with Gasteiger partial charge in [0, 0.05) is 23.1 Å². The lowest BCUT2D eigenvalue weighted by molar-refractivity contribution is -0.121. The van der Waals surface area contributed by atoms with E-state index in [2.05, 4.69) is 26.8 Å². The average molecular weight is 482 g/mol. The summed E-state index contributed by atoms with van der Waals surface area (Å²) in [5.41, 5.74) is 5.57. The summed E-state index contributed by atoms with van der Waals surface area (Å²) in [4.78, 5) is 24.4. The van der Waals surface area contributed by atoms with Crippen LogP contribution in [-0.4, -0.2) is 50.8 Å². The molecule has 1 saturated heterocycles. The summed E-state index contributed by atoms with van der Waals surface area (Å²) in [5.74, 6) is -0.994. The van der Waals surface area contributed by atoms with E-state index in [4.69, 9.17) is 4.74 Å². The van der Waals surface area contributed by atoms with Crippen LogP contribution in [0.4, 0.5) is 0 Å². The van der Waals surface area contributed by atoms with Crippen LogP contribution in [-0.2, 0) is 26.0 Å². The second kappa shape index (κ2) is 9.49. The Morgan fingerprint density at radius 3 is 2.41 bits per heavy atom.